The molecule has 0 saturated carbocycles. The van der Waals surface area contributed by atoms with E-state index in [2.05, 4.69) is 29.3 Å². The van der Waals surface area contributed by atoms with Gasteiger partial charge in [-0.3, -0.25) is 10.2 Å². The Labute approximate surface area is 115 Å². The van der Waals surface area contributed by atoms with Crippen LogP contribution in [0.4, 0.5) is 0 Å². The van der Waals surface area contributed by atoms with Crippen LogP contribution in [0.3, 0.4) is 0 Å². The fourth-order valence-corrected chi connectivity index (χ4v) is 2.08. The van der Waals surface area contributed by atoms with Crippen molar-refractivity contribution in [3.8, 4) is 0 Å². The van der Waals surface area contributed by atoms with Crippen LogP contribution in [0, 0.1) is 0 Å². The van der Waals surface area contributed by atoms with E-state index in [0.29, 0.717) is 19.0 Å². The first-order chi connectivity index (χ1) is 9.15. The number of hydrazine groups is 1. The summed E-state index contributed by atoms with van der Waals surface area (Å²) >= 11 is 0. The Kier molecular flexibility index (Phi) is 11.1. The monoisotopic (exact) mass is 270 g/mol. The molecule has 110 valence electrons. The zero-order valence-electron chi connectivity index (χ0n) is 12.0. The quantitative estimate of drug-likeness (QED) is 0.146. The van der Waals surface area contributed by atoms with Gasteiger partial charge in [0.05, 0.1) is 6.54 Å². The maximum Gasteiger partial charge on any atom is 0.234 e. The first-order valence-corrected chi connectivity index (χ1v) is 6.89. The number of nitrogens with one attached hydrogen (secondary N) is 1. The van der Waals surface area contributed by atoms with Crippen LogP contribution in [-0.2, 0) is 9.59 Å². The lowest BCUT2D eigenvalue weighted by atomic mass is 10.1. The Hall–Kier alpha value is -1.23. The molecule has 0 fully saturated rings. The molecule has 6 nitrogen and oxygen atoms in total. The molecule has 6 heteroatoms. The van der Waals surface area contributed by atoms with E-state index in [4.69, 9.17) is 5.84 Å². The Balaban J connectivity index is 3.92. The highest BCUT2D eigenvalue weighted by atomic mass is 16.2. The molecule has 0 aliphatic rings. The van der Waals surface area contributed by atoms with Crippen LogP contribution in [0.1, 0.15) is 45.4 Å². The summed E-state index contributed by atoms with van der Waals surface area (Å²) in [6, 6.07) is 0.436. The van der Waals surface area contributed by atoms with Gasteiger partial charge in [-0.2, -0.15) is 0 Å². The van der Waals surface area contributed by atoms with Crippen LogP contribution in [0.15, 0.2) is 4.99 Å². The summed E-state index contributed by atoms with van der Waals surface area (Å²) in [5.74, 6) is 4.90. The standard InChI is InChI=1S/C13H26N4O2/c1-3-6-12(8-9-15-11-18)17(2)10-5-4-7-13(19)16-14/h12H,3-10,14H2,1-2H3,(H,16,19). The molecule has 0 rings (SSSR count). The highest BCUT2D eigenvalue weighted by Gasteiger charge is 2.13. The highest BCUT2D eigenvalue weighted by Crippen LogP contribution is 2.11. The summed E-state index contributed by atoms with van der Waals surface area (Å²) in [6.45, 7) is 3.62. The SMILES string of the molecule is CCCC(CCN=C=O)N(C)CCCCC(=O)NN. The van der Waals surface area contributed by atoms with Crippen molar-refractivity contribution in [3.63, 3.8) is 0 Å². The summed E-state index contributed by atoms with van der Waals surface area (Å²) in [7, 11) is 2.08. The van der Waals surface area contributed by atoms with Gasteiger partial charge in [0.25, 0.3) is 0 Å². The van der Waals surface area contributed by atoms with Crippen LogP contribution in [0.2, 0.25) is 0 Å². The number of nitrogens with zero attached hydrogens (tertiary/aromatic N) is 2. The third-order valence-corrected chi connectivity index (χ3v) is 3.21. The van der Waals surface area contributed by atoms with Gasteiger partial charge < -0.3 is 4.90 Å². The van der Waals surface area contributed by atoms with Crippen LogP contribution < -0.4 is 11.3 Å². The highest BCUT2D eigenvalue weighted by molar-refractivity contribution is 5.75. The van der Waals surface area contributed by atoms with Crippen molar-refractivity contribution in [2.75, 3.05) is 20.1 Å². The lowest BCUT2D eigenvalue weighted by molar-refractivity contribution is -0.121. The second-order valence-electron chi connectivity index (χ2n) is 4.71. The molecule has 0 aliphatic carbocycles. The number of amides is 1. The maximum atomic E-state index is 11.0. The Bertz CT molecular complexity index is 290. The minimum absolute atomic E-state index is 0.118. The Morgan fingerprint density at radius 1 is 1.42 bits per heavy atom. The largest absolute Gasteiger partial charge is 0.303 e. The molecule has 0 bridgehead atoms. The van der Waals surface area contributed by atoms with E-state index >= 15 is 0 Å². The van der Waals surface area contributed by atoms with E-state index in [1.54, 1.807) is 6.08 Å². The van der Waals surface area contributed by atoms with Crippen molar-refractivity contribution in [2.45, 2.75) is 51.5 Å². The summed E-state index contributed by atoms with van der Waals surface area (Å²) in [6.07, 6.45) is 6.91. The fraction of sp³-hybridized carbons (Fsp3) is 0.846. The smallest absolute Gasteiger partial charge is 0.234 e. The Morgan fingerprint density at radius 2 is 2.16 bits per heavy atom. The van der Waals surface area contributed by atoms with E-state index in [9.17, 15) is 9.59 Å². The van der Waals surface area contributed by atoms with Crippen molar-refractivity contribution >= 4 is 12.0 Å². The van der Waals surface area contributed by atoms with E-state index in [1.807, 2.05) is 0 Å². The molecule has 1 atom stereocenters. The van der Waals surface area contributed by atoms with Gasteiger partial charge in [-0.15, -0.1) is 0 Å². The van der Waals surface area contributed by atoms with Crippen LogP contribution >= 0.6 is 0 Å². The van der Waals surface area contributed by atoms with E-state index in [-0.39, 0.29) is 5.91 Å². The number of hydrogen-bond donors (Lipinski definition) is 2. The number of isocyanates is 1. The summed E-state index contributed by atoms with van der Waals surface area (Å²) < 4.78 is 0. The van der Waals surface area contributed by atoms with Crippen LogP contribution in [-0.4, -0.2) is 43.1 Å². The van der Waals surface area contributed by atoms with Crippen molar-refractivity contribution in [2.24, 2.45) is 10.8 Å². The second kappa shape index (κ2) is 11.8. The number of carbonyl (C=O) groups excluding carboxylic acids is 2. The van der Waals surface area contributed by atoms with Gasteiger partial charge in [0.1, 0.15) is 0 Å². The second-order valence-corrected chi connectivity index (χ2v) is 4.71. The van der Waals surface area contributed by atoms with Gasteiger partial charge >= 0.3 is 0 Å². The summed E-state index contributed by atoms with van der Waals surface area (Å²) in [4.78, 5) is 26.9. The van der Waals surface area contributed by atoms with Crippen LogP contribution in [0.5, 0.6) is 0 Å². The molecule has 3 N–H and O–H groups in total. The zero-order valence-corrected chi connectivity index (χ0v) is 12.0. The van der Waals surface area contributed by atoms with E-state index < -0.39 is 0 Å². The summed E-state index contributed by atoms with van der Waals surface area (Å²) in [5.41, 5.74) is 2.13. The van der Waals surface area contributed by atoms with Crippen molar-refractivity contribution in [1.29, 1.82) is 0 Å². The first kappa shape index (κ1) is 17.8. The molecule has 0 aromatic carbocycles. The minimum Gasteiger partial charge on any atom is -0.303 e. The molecule has 1 unspecified atom stereocenters. The lowest BCUT2D eigenvalue weighted by Crippen LogP contribution is -2.33. The molecular formula is C13H26N4O2. The number of rotatable bonds is 11. The van der Waals surface area contributed by atoms with Gasteiger partial charge in [0.15, 0.2) is 0 Å². The average Bonchev–Trinajstić information content (AvgIpc) is 2.42. The zero-order chi connectivity index (χ0) is 14.5. The van der Waals surface area contributed by atoms with Gasteiger partial charge in [-0.25, -0.2) is 15.6 Å². The van der Waals surface area contributed by atoms with Gasteiger partial charge in [-0.05, 0) is 39.3 Å². The minimum atomic E-state index is -0.118. The Morgan fingerprint density at radius 3 is 2.74 bits per heavy atom. The molecule has 0 aromatic rings. The third kappa shape index (κ3) is 9.36. The van der Waals surface area contributed by atoms with E-state index in [0.717, 1.165) is 38.6 Å². The topological polar surface area (TPSA) is 87.8 Å². The molecule has 0 heterocycles. The van der Waals surface area contributed by atoms with Gasteiger partial charge in [0.2, 0.25) is 12.0 Å². The van der Waals surface area contributed by atoms with Crippen LogP contribution in [0.25, 0.3) is 0 Å². The van der Waals surface area contributed by atoms with E-state index in [1.165, 1.54) is 0 Å². The molecule has 0 aromatic heterocycles. The number of nitrogens with two attached hydrogens (primary N) is 1. The number of hydrogen-bond acceptors (Lipinski definition) is 5. The molecule has 0 aliphatic heterocycles. The normalized spacial score (nSPS) is 12.0. The predicted molar refractivity (Wildman–Crippen MR) is 75.1 cm³/mol. The first-order valence-electron chi connectivity index (χ1n) is 6.89. The molecule has 19 heavy (non-hydrogen) atoms. The number of unbranched alkanes of at least 4 members (excludes halogenated alkanes) is 1. The molecule has 0 saturated heterocycles. The van der Waals surface area contributed by atoms with Gasteiger partial charge in [0, 0.05) is 12.5 Å². The number of aliphatic imine (C=N–C) groups is 1. The van der Waals surface area contributed by atoms with Crippen molar-refractivity contribution in [3.05, 3.63) is 0 Å². The number of carbonyl (C=O) groups is 1. The molecular weight excluding hydrogens is 244 g/mol. The molecule has 1 amide bonds. The lowest BCUT2D eigenvalue weighted by Gasteiger charge is -2.27. The predicted octanol–water partition coefficient (Wildman–Crippen LogP) is 0.973. The van der Waals surface area contributed by atoms with Crippen molar-refractivity contribution in [1.82, 2.24) is 10.3 Å². The molecule has 0 radical (unpaired) electrons. The van der Waals surface area contributed by atoms with Crippen molar-refractivity contribution < 1.29 is 9.59 Å². The maximum absolute atomic E-state index is 11.0. The molecule has 0 spiro atoms. The summed E-state index contributed by atoms with van der Waals surface area (Å²) in [5, 5.41) is 0. The fourth-order valence-electron chi connectivity index (χ4n) is 2.08. The van der Waals surface area contributed by atoms with Gasteiger partial charge in [-0.1, -0.05) is 13.3 Å². The third-order valence-electron chi connectivity index (χ3n) is 3.21. The average molecular weight is 270 g/mol.